The number of aromatic nitrogens is 1. The first-order valence-corrected chi connectivity index (χ1v) is 6.00. The van der Waals surface area contributed by atoms with Gasteiger partial charge in [0, 0.05) is 21.9 Å². The number of fused-ring (bicyclic) bond motifs is 1. The predicted molar refractivity (Wildman–Crippen MR) is 65.5 cm³/mol. The summed E-state index contributed by atoms with van der Waals surface area (Å²) in [5, 5.41) is 11.9. The molecule has 0 amide bonds. The van der Waals surface area contributed by atoms with E-state index in [9.17, 15) is 5.11 Å². The highest BCUT2D eigenvalue weighted by Crippen LogP contribution is 2.26. The summed E-state index contributed by atoms with van der Waals surface area (Å²) in [4.78, 5) is 4.21. The van der Waals surface area contributed by atoms with E-state index in [1.54, 1.807) is 12.3 Å². The van der Waals surface area contributed by atoms with Gasteiger partial charge in [-0.25, -0.2) is 0 Å². The highest BCUT2D eigenvalue weighted by atomic mass is 79.9. The Kier molecular flexibility index (Phi) is 3.24. The normalized spacial score (nSPS) is 13.0. The summed E-state index contributed by atoms with van der Waals surface area (Å²) in [6.07, 6.45) is 1.16. The lowest BCUT2D eigenvalue weighted by Crippen LogP contribution is -1.99. The van der Waals surface area contributed by atoms with Crippen LogP contribution in [0.1, 0.15) is 11.7 Å². The van der Waals surface area contributed by atoms with E-state index in [1.807, 2.05) is 18.2 Å². The van der Waals surface area contributed by atoms with Gasteiger partial charge in [0.2, 0.25) is 0 Å². The SMILES string of the molecule is OC(CBr)c1ccnc2ccc(Cl)cc12. The van der Waals surface area contributed by atoms with Crippen LogP contribution in [0.4, 0.5) is 0 Å². The van der Waals surface area contributed by atoms with Crippen LogP contribution in [0.15, 0.2) is 30.5 Å². The van der Waals surface area contributed by atoms with E-state index >= 15 is 0 Å². The van der Waals surface area contributed by atoms with Crippen LogP contribution in [0.25, 0.3) is 10.9 Å². The van der Waals surface area contributed by atoms with Crippen molar-refractivity contribution in [1.82, 2.24) is 4.98 Å². The molecule has 78 valence electrons. The standard InChI is InChI=1S/C11H9BrClNO/c12-6-11(15)8-3-4-14-10-2-1-7(13)5-9(8)10/h1-5,11,15H,6H2. The second-order valence-electron chi connectivity index (χ2n) is 3.23. The number of hydrogen-bond acceptors (Lipinski definition) is 2. The molecule has 1 aromatic carbocycles. The third-order valence-electron chi connectivity index (χ3n) is 2.24. The molecular weight excluding hydrogens is 277 g/mol. The Morgan fingerprint density at radius 1 is 1.40 bits per heavy atom. The fourth-order valence-electron chi connectivity index (χ4n) is 1.51. The van der Waals surface area contributed by atoms with Crippen molar-refractivity contribution in [2.45, 2.75) is 6.10 Å². The van der Waals surface area contributed by atoms with Gasteiger partial charge in [-0.2, -0.15) is 0 Å². The number of halogens is 2. The summed E-state index contributed by atoms with van der Waals surface area (Å²) < 4.78 is 0. The molecule has 2 nitrogen and oxygen atoms in total. The molecule has 0 fully saturated rings. The lowest BCUT2D eigenvalue weighted by atomic mass is 10.1. The molecule has 1 heterocycles. The van der Waals surface area contributed by atoms with Crippen LogP contribution in [0, 0.1) is 0 Å². The first-order chi connectivity index (χ1) is 7.22. The lowest BCUT2D eigenvalue weighted by Gasteiger charge is -2.10. The summed E-state index contributed by atoms with van der Waals surface area (Å²) in [6, 6.07) is 7.28. The molecule has 0 aliphatic rings. The van der Waals surface area contributed by atoms with E-state index in [4.69, 9.17) is 11.6 Å². The molecule has 15 heavy (non-hydrogen) atoms. The second kappa shape index (κ2) is 4.47. The second-order valence-corrected chi connectivity index (χ2v) is 4.32. The number of rotatable bonds is 2. The number of alkyl halides is 1. The number of aliphatic hydroxyl groups excluding tert-OH is 1. The fraction of sp³-hybridized carbons (Fsp3) is 0.182. The monoisotopic (exact) mass is 285 g/mol. The molecule has 1 N–H and O–H groups in total. The predicted octanol–water partition coefficient (Wildman–Crippen LogP) is 3.32. The van der Waals surface area contributed by atoms with Gasteiger partial charge >= 0.3 is 0 Å². The van der Waals surface area contributed by atoms with Gasteiger partial charge in [-0.3, -0.25) is 4.98 Å². The zero-order chi connectivity index (χ0) is 10.8. The molecular formula is C11H9BrClNO. The Balaban J connectivity index is 2.68. The van der Waals surface area contributed by atoms with E-state index in [-0.39, 0.29) is 0 Å². The van der Waals surface area contributed by atoms with Gasteiger partial charge in [-0.1, -0.05) is 27.5 Å². The first-order valence-electron chi connectivity index (χ1n) is 4.50. The van der Waals surface area contributed by atoms with E-state index in [1.165, 1.54) is 0 Å². The maximum atomic E-state index is 9.80. The number of hydrogen-bond donors (Lipinski definition) is 1. The average molecular weight is 287 g/mol. The molecule has 4 heteroatoms. The summed E-state index contributed by atoms with van der Waals surface area (Å²) in [5.41, 5.74) is 1.69. The van der Waals surface area contributed by atoms with Crippen LogP contribution in [-0.4, -0.2) is 15.4 Å². The van der Waals surface area contributed by atoms with Gasteiger partial charge in [0.1, 0.15) is 0 Å². The van der Waals surface area contributed by atoms with Crippen molar-refractivity contribution in [1.29, 1.82) is 0 Å². The zero-order valence-corrected chi connectivity index (χ0v) is 10.2. The van der Waals surface area contributed by atoms with E-state index in [0.29, 0.717) is 10.4 Å². The van der Waals surface area contributed by atoms with E-state index in [2.05, 4.69) is 20.9 Å². The van der Waals surface area contributed by atoms with Gasteiger partial charge in [-0.05, 0) is 29.8 Å². The molecule has 1 aromatic heterocycles. The zero-order valence-electron chi connectivity index (χ0n) is 7.82. The van der Waals surface area contributed by atoms with Crippen molar-refractivity contribution in [2.75, 3.05) is 5.33 Å². The molecule has 1 unspecified atom stereocenters. The van der Waals surface area contributed by atoms with Crippen LogP contribution in [0.2, 0.25) is 5.02 Å². The highest BCUT2D eigenvalue weighted by Gasteiger charge is 2.10. The number of benzene rings is 1. The maximum Gasteiger partial charge on any atom is 0.0893 e. The summed E-state index contributed by atoms with van der Waals surface area (Å²) in [6.45, 7) is 0. The smallest absolute Gasteiger partial charge is 0.0893 e. The van der Waals surface area contributed by atoms with Crippen LogP contribution in [0.3, 0.4) is 0 Å². The molecule has 0 radical (unpaired) electrons. The van der Waals surface area contributed by atoms with Crippen molar-refractivity contribution in [3.8, 4) is 0 Å². The van der Waals surface area contributed by atoms with Crippen molar-refractivity contribution in [3.05, 3.63) is 41.0 Å². The molecule has 0 spiro atoms. The minimum Gasteiger partial charge on any atom is -0.388 e. The third-order valence-corrected chi connectivity index (χ3v) is 3.09. The Hall–Kier alpha value is -0.640. The Labute approximate surface area is 101 Å². The highest BCUT2D eigenvalue weighted by molar-refractivity contribution is 9.09. The van der Waals surface area contributed by atoms with Gasteiger partial charge in [0.05, 0.1) is 11.6 Å². The Bertz CT molecular complexity index is 489. The van der Waals surface area contributed by atoms with Crippen molar-refractivity contribution in [2.24, 2.45) is 0 Å². The fourth-order valence-corrected chi connectivity index (χ4v) is 2.03. The molecule has 0 aliphatic carbocycles. The summed E-state index contributed by atoms with van der Waals surface area (Å²) >= 11 is 9.17. The van der Waals surface area contributed by atoms with Gasteiger partial charge < -0.3 is 5.11 Å². The average Bonchev–Trinajstić information content (AvgIpc) is 2.27. The quantitative estimate of drug-likeness (QED) is 0.859. The van der Waals surface area contributed by atoms with Crippen molar-refractivity contribution in [3.63, 3.8) is 0 Å². The minimum absolute atomic E-state index is 0.499. The molecule has 2 rings (SSSR count). The molecule has 0 bridgehead atoms. The number of pyridine rings is 1. The van der Waals surface area contributed by atoms with Gasteiger partial charge in [0.25, 0.3) is 0 Å². The Morgan fingerprint density at radius 3 is 2.93 bits per heavy atom. The largest absolute Gasteiger partial charge is 0.388 e. The third kappa shape index (κ3) is 2.14. The van der Waals surface area contributed by atoms with Crippen molar-refractivity contribution < 1.29 is 5.11 Å². The number of nitrogens with zero attached hydrogens (tertiary/aromatic N) is 1. The molecule has 0 saturated heterocycles. The van der Waals surface area contributed by atoms with Crippen molar-refractivity contribution >= 4 is 38.4 Å². The lowest BCUT2D eigenvalue weighted by molar-refractivity contribution is 0.207. The first kappa shape index (κ1) is 10.9. The molecule has 0 saturated carbocycles. The topological polar surface area (TPSA) is 33.1 Å². The maximum absolute atomic E-state index is 9.80. The van der Waals surface area contributed by atoms with Gasteiger partial charge in [-0.15, -0.1) is 0 Å². The van der Waals surface area contributed by atoms with Crippen LogP contribution < -0.4 is 0 Å². The number of aliphatic hydroxyl groups is 1. The summed E-state index contributed by atoms with van der Waals surface area (Å²) in [5.74, 6) is 0. The molecule has 1 atom stereocenters. The Morgan fingerprint density at radius 2 is 2.20 bits per heavy atom. The van der Waals surface area contributed by atoms with E-state index in [0.717, 1.165) is 16.5 Å². The summed E-state index contributed by atoms with van der Waals surface area (Å²) in [7, 11) is 0. The van der Waals surface area contributed by atoms with Crippen LogP contribution in [-0.2, 0) is 0 Å². The van der Waals surface area contributed by atoms with Gasteiger partial charge in [0.15, 0.2) is 0 Å². The minimum atomic E-state index is -0.533. The molecule has 2 aromatic rings. The van der Waals surface area contributed by atoms with Crippen LogP contribution >= 0.6 is 27.5 Å². The molecule has 0 aliphatic heterocycles. The van der Waals surface area contributed by atoms with Crippen LogP contribution in [0.5, 0.6) is 0 Å². The van der Waals surface area contributed by atoms with E-state index < -0.39 is 6.10 Å².